The van der Waals surface area contributed by atoms with Crippen LogP contribution in [0, 0.1) is 5.82 Å². The molecule has 6 heteroatoms. The lowest BCUT2D eigenvalue weighted by molar-refractivity contribution is 0.0522. The molecule has 18 heavy (non-hydrogen) atoms. The zero-order chi connectivity index (χ0) is 13.1. The van der Waals surface area contributed by atoms with Crippen molar-refractivity contribution in [3.63, 3.8) is 0 Å². The highest BCUT2D eigenvalue weighted by Crippen LogP contribution is 2.31. The summed E-state index contributed by atoms with van der Waals surface area (Å²) >= 11 is 1.06. The minimum Gasteiger partial charge on any atom is -0.461 e. The third-order valence-corrected chi connectivity index (χ3v) is 3.14. The Hall–Kier alpha value is -1.95. The smallest absolute Gasteiger partial charge is 0.360 e. The number of thiazole rings is 1. The standard InChI is InChI=1S/C12H11FN2O2S/c1-2-17-12(16)9-10(14)18-11(15-9)7-5-3-4-6-8(7)13/h3-6H,2,14H2,1H3. The Morgan fingerprint density at radius 1 is 1.50 bits per heavy atom. The molecular formula is C12H11FN2O2S. The Morgan fingerprint density at radius 3 is 2.89 bits per heavy atom. The molecular weight excluding hydrogens is 255 g/mol. The Kier molecular flexibility index (Phi) is 3.57. The van der Waals surface area contributed by atoms with Gasteiger partial charge >= 0.3 is 5.97 Å². The molecule has 0 unspecified atom stereocenters. The first kappa shape index (κ1) is 12.5. The molecule has 94 valence electrons. The number of aromatic nitrogens is 1. The number of benzene rings is 1. The normalized spacial score (nSPS) is 10.3. The monoisotopic (exact) mass is 266 g/mol. The van der Waals surface area contributed by atoms with Crippen LogP contribution in [0.25, 0.3) is 10.6 Å². The van der Waals surface area contributed by atoms with Gasteiger partial charge in [-0.3, -0.25) is 0 Å². The van der Waals surface area contributed by atoms with Crippen molar-refractivity contribution in [2.45, 2.75) is 6.92 Å². The molecule has 0 aliphatic heterocycles. The molecule has 0 saturated heterocycles. The van der Waals surface area contributed by atoms with Gasteiger partial charge in [-0.05, 0) is 19.1 Å². The summed E-state index contributed by atoms with van der Waals surface area (Å²) in [5.41, 5.74) is 6.06. The predicted octanol–water partition coefficient (Wildman–Crippen LogP) is 2.71. The van der Waals surface area contributed by atoms with Crippen molar-refractivity contribution in [2.24, 2.45) is 0 Å². The Bertz CT molecular complexity index is 583. The highest BCUT2D eigenvalue weighted by atomic mass is 32.1. The van der Waals surface area contributed by atoms with Crippen molar-refractivity contribution in [3.8, 4) is 10.6 Å². The number of rotatable bonds is 3. The van der Waals surface area contributed by atoms with Crippen molar-refractivity contribution in [2.75, 3.05) is 12.3 Å². The Balaban J connectivity index is 2.41. The summed E-state index contributed by atoms with van der Waals surface area (Å²) in [4.78, 5) is 15.6. The number of carbonyl (C=O) groups is 1. The fourth-order valence-corrected chi connectivity index (χ4v) is 2.27. The van der Waals surface area contributed by atoms with Gasteiger partial charge < -0.3 is 10.5 Å². The van der Waals surface area contributed by atoms with Crippen LogP contribution in [0.3, 0.4) is 0 Å². The number of carbonyl (C=O) groups excluding carboxylic acids is 1. The van der Waals surface area contributed by atoms with Gasteiger partial charge in [0.15, 0.2) is 5.69 Å². The van der Waals surface area contributed by atoms with E-state index < -0.39 is 11.8 Å². The lowest BCUT2D eigenvalue weighted by Crippen LogP contribution is -2.07. The maximum atomic E-state index is 13.6. The van der Waals surface area contributed by atoms with Crippen molar-refractivity contribution in [1.29, 1.82) is 0 Å². The van der Waals surface area contributed by atoms with Gasteiger partial charge in [0.1, 0.15) is 15.8 Å². The highest BCUT2D eigenvalue weighted by molar-refractivity contribution is 7.19. The molecule has 2 rings (SSSR count). The fourth-order valence-electron chi connectivity index (χ4n) is 1.43. The summed E-state index contributed by atoms with van der Waals surface area (Å²) in [7, 11) is 0. The maximum Gasteiger partial charge on any atom is 0.360 e. The summed E-state index contributed by atoms with van der Waals surface area (Å²) in [5, 5.41) is 0.598. The second-order valence-corrected chi connectivity index (χ2v) is 4.46. The van der Waals surface area contributed by atoms with Crippen LogP contribution in [0.15, 0.2) is 24.3 Å². The molecule has 4 nitrogen and oxygen atoms in total. The van der Waals surface area contributed by atoms with Crippen molar-refractivity contribution in [1.82, 2.24) is 4.98 Å². The number of nitrogens with zero attached hydrogens (tertiary/aromatic N) is 1. The molecule has 1 aromatic carbocycles. The minimum atomic E-state index is -0.589. The van der Waals surface area contributed by atoms with Crippen molar-refractivity contribution >= 4 is 22.3 Å². The van der Waals surface area contributed by atoms with Gasteiger partial charge in [0.05, 0.1) is 6.61 Å². The van der Waals surface area contributed by atoms with E-state index in [0.717, 1.165) is 11.3 Å². The van der Waals surface area contributed by atoms with Gasteiger partial charge in [-0.15, -0.1) is 0 Å². The number of ether oxygens (including phenoxy) is 1. The van der Waals surface area contributed by atoms with E-state index in [1.807, 2.05) is 0 Å². The molecule has 1 heterocycles. The largest absolute Gasteiger partial charge is 0.461 e. The van der Waals surface area contributed by atoms with Gasteiger partial charge in [-0.1, -0.05) is 23.5 Å². The number of anilines is 1. The molecule has 0 saturated carbocycles. The minimum absolute atomic E-state index is 0.0418. The molecule has 0 radical (unpaired) electrons. The molecule has 2 N–H and O–H groups in total. The molecule has 0 aliphatic rings. The topological polar surface area (TPSA) is 65.2 Å². The van der Waals surface area contributed by atoms with Crippen LogP contribution in [0.5, 0.6) is 0 Å². The molecule has 0 atom stereocenters. The SMILES string of the molecule is CCOC(=O)c1nc(-c2ccccc2F)sc1N. The first-order valence-electron chi connectivity index (χ1n) is 5.31. The van der Waals surface area contributed by atoms with Crippen LogP contribution in [0.2, 0.25) is 0 Å². The third-order valence-electron chi connectivity index (χ3n) is 2.23. The van der Waals surface area contributed by atoms with E-state index in [1.54, 1.807) is 25.1 Å². The van der Waals surface area contributed by atoms with E-state index in [2.05, 4.69) is 4.98 Å². The quantitative estimate of drug-likeness (QED) is 0.867. The summed E-state index contributed by atoms with van der Waals surface area (Å²) in [6, 6.07) is 6.20. The number of esters is 1. The predicted molar refractivity (Wildman–Crippen MR) is 67.9 cm³/mol. The molecule has 0 spiro atoms. The van der Waals surface area contributed by atoms with Crippen LogP contribution in [0.1, 0.15) is 17.4 Å². The van der Waals surface area contributed by atoms with Gasteiger partial charge in [-0.2, -0.15) is 0 Å². The fraction of sp³-hybridized carbons (Fsp3) is 0.167. The molecule has 0 aliphatic carbocycles. The van der Waals surface area contributed by atoms with Gasteiger partial charge in [0.2, 0.25) is 0 Å². The zero-order valence-electron chi connectivity index (χ0n) is 9.64. The number of halogens is 1. The van der Waals surface area contributed by atoms with Crippen molar-refractivity contribution < 1.29 is 13.9 Å². The van der Waals surface area contributed by atoms with E-state index in [9.17, 15) is 9.18 Å². The maximum absolute atomic E-state index is 13.6. The average molecular weight is 266 g/mol. The first-order valence-corrected chi connectivity index (χ1v) is 6.13. The van der Waals surface area contributed by atoms with Gasteiger partial charge in [0, 0.05) is 5.56 Å². The summed E-state index contributed by atoms with van der Waals surface area (Å²) in [5.74, 6) is -0.990. The lowest BCUT2D eigenvalue weighted by Gasteiger charge is -1.98. The van der Waals surface area contributed by atoms with Crippen LogP contribution in [-0.2, 0) is 4.74 Å². The number of hydrogen-bond acceptors (Lipinski definition) is 5. The highest BCUT2D eigenvalue weighted by Gasteiger charge is 2.19. The van der Waals surface area contributed by atoms with E-state index in [1.165, 1.54) is 6.07 Å². The average Bonchev–Trinajstić information content (AvgIpc) is 2.72. The van der Waals surface area contributed by atoms with Crippen LogP contribution >= 0.6 is 11.3 Å². The van der Waals surface area contributed by atoms with E-state index in [-0.39, 0.29) is 17.3 Å². The zero-order valence-corrected chi connectivity index (χ0v) is 10.5. The lowest BCUT2D eigenvalue weighted by atomic mass is 10.2. The van der Waals surface area contributed by atoms with E-state index in [4.69, 9.17) is 10.5 Å². The number of hydrogen-bond donors (Lipinski definition) is 1. The molecule has 0 amide bonds. The second-order valence-electron chi connectivity index (χ2n) is 3.43. The third kappa shape index (κ3) is 2.33. The summed E-state index contributed by atoms with van der Waals surface area (Å²) in [6.07, 6.45) is 0. The Morgan fingerprint density at radius 2 is 2.22 bits per heavy atom. The number of nitrogens with two attached hydrogens (primary N) is 1. The molecule has 0 bridgehead atoms. The van der Waals surface area contributed by atoms with Gasteiger partial charge in [0.25, 0.3) is 0 Å². The molecule has 2 aromatic rings. The van der Waals surface area contributed by atoms with Crippen LogP contribution in [-0.4, -0.2) is 17.6 Å². The van der Waals surface area contributed by atoms with Gasteiger partial charge in [-0.25, -0.2) is 14.2 Å². The molecule has 0 fully saturated rings. The van der Waals surface area contributed by atoms with E-state index >= 15 is 0 Å². The summed E-state index contributed by atoms with van der Waals surface area (Å²) in [6.45, 7) is 1.93. The van der Waals surface area contributed by atoms with Crippen molar-refractivity contribution in [3.05, 3.63) is 35.8 Å². The molecule has 1 aromatic heterocycles. The Labute approximate surface area is 107 Å². The second kappa shape index (κ2) is 5.14. The number of nitrogen functional groups attached to an aromatic ring is 1. The van der Waals surface area contributed by atoms with E-state index in [0.29, 0.717) is 10.6 Å². The van der Waals surface area contributed by atoms with Crippen LogP contribution < -0.4 is 5.73 Å². The summed E-state index contributed by atoms with van der Waals surface area (Å²) < 4.78 is 18.4. The first-order chi connectivity index (χ1) is 8.63. The van der Waals surface area contributed by atoms with Crippen LogP contribution in [0.4, 0.5) is 9.39 Å².